The number of benzene rings is 1. The maximum absolute atomic E-state index is 12.3. The molecule has 1 atom stereocenters. The average Bonchev–Trinajstić information content (AvgIpc) is 3.34. The zero-order valence-electron chi connectivity index (χ0n) is 14.8. The van der Waals surface area contributed by atoms with Gasteiger partial charge in [-0.1, -0.05) is 29.8 Å². The lowest BCUT2D eigenvalue weighted by Crippen LogP contribution is -2.50. The summed E-state index contributed by atoms with van der Waals surface area (Å²) in [5.74, 6) is 0. The first-order valence-corrected chi connectivity index (χ1v) is 10.0. The van der Waals surface area contributed by atoms with Crippen molar-refractivity contribution in [1.29, 1.82) is 0 Å². The number of fused-ring (bicyclic) bond motifs is 5. The molecule has 1 unspecified atom stereocenters. The molecule has 0 spiro atoms. The molecule has 8 heteroatoms. The van der Waals surface area contributed by atoms with Gasteiger partial charge in [0, 0.05) is 17.0 Å². The predicted octanol–water partition coefficient (Wildman–Crippen LogP) is 3.67. The fourth-order valence-corrected chi connectivity index (χ4v) is 5.63. The molecule has 6 nitrogen and oxygen atoms in total. The number of nitrogens with one attached hydrogen (secondary N) is 1. The molecule has 0 saturated carbocycles. The Balaban J connectivity index is 1.62. The van der Waals surface area contributed by atoms with Gasteiger partial charge in [-0.05, 0) is 30.2 Å². The summed E-state index contributed by atoms with van der Waals surface area (Å²) in [6.45, 7) is 1.98. The summed E-state index contributed by atoms with van der Waals surface area (Å²) in [7, 11) is 1.41. The molecule has 3 heterocycles. The van der Waals surface area contributed by atoms with Gasteiger partial charge < -0.3 is 14.5 Å². The lowest BCUT2D eigenvalue weighted by Gasteiger charge is -2.31. The zero-order chi connectivity index (χ0) is 18.5. The fourth-order valence-electron chi connectivity index (χ4n) is 4.06. The third-order valence-electron chi connectivity index (χ3n) is 5.34. The number of thiophene rings is 1. The van der Waals surface area contributed by atoms with Crippen molar-refractivity contribution in [3.63, 3.8) is 0 Å². The first-order valence-electron chi connectivity index (χ1n) is 8.85. The number of para-hydroxylation sites is 1. The third-order valence-corrected chi connectivity index (χ3v) is 6.94. The lowest BCUT2D eigenvalue weighted by molar-refractivity contribution is 0.101. The molecule has 1 aliphatic carbocycles. The summed E-state index contributed by atoms with van der Waals surface area (Å²) in [4.78, 5) is 18.1. The molecule has 1 aromatic heterocycles. The molecule has 3 aliphatic rings. The quantitative estimate of drug-likeness (QED) is 0.788. The highest BCUT2D eigenvalue weighted by Crippen LogP contribution is 2.45. The SMILES string of the molecule is COC(=O)N1NCN2c3sc4c(c3CN(c3ccccc3Cl)CC12)CC=C4. The molecule has 0 bridgehead atoms. The van der Waals surface area contributed by atoms with Gasteiger partial charge in [-0.25, -0.2) is 15.2 Å². The number of hydrazine groups is 1. The van der Waals surface area contributed by atoms with Gasteiger partial charge in [-0.3, -0.25) is 0 Å². The molecule has 1 amide bonds. The van der Waals surface area contributed by atoms with Gasteiger partial charge in [0.15, 0.2) is 0 Å². The topological polar surface area (TPSA) is 48.1 Å². The van der Waals surface area contributed by atoms with Gasteiger partial charge in [-0.15, -0.1) is 11.3 Å². The normalized spacial score (nSPS) is 20.4. The Bertz CT molecular complexity index is 944. The summed E-state index contributed by atoms with van der Waals surface area (Å²) >= 11 is 8.31. The highest BCUT2D eigenvalue weighted by atomic mass is 35.5. The second-order valence-corrected chi connectivity index (χ2v) is 8.21. The van der Waals surface area contributed by atoms with Gasteiger partial charge in [0.25, 0.3) is 0 Å². The molecule has 1 fully saturated rings. The van der Waals surface area contributed by atoms with Crippen LogP contribution in [-0.2, 0) is 17.7 Å². The van der Waals surface area contributed by atoms with Gasteiger partial charge in [0.05, 0.1) is 36.0 Å². The number of ether oxygens (including phenoxy) is 1. The van der Waals surface area contributed by atoms with E-state index in [0.29, 0.717) is 18.2 Å². The van der Waals surface area contributed by atoms with E-state index in [0.717, 1.165) is 18.7 Å². The number of halogens is 1. The maximum Gasteiger partial charge on any atom is 0.426 e. The fraction of sp³-hybridized carbons (Fsp3) is 0.316. The average molecular weight is 403 g/mol. The predicted molar refractivity (Wildman–Crippen MR) is 108 cm³/mol. The Morgan fingerprint density at radius 3 is 3.00 bits per heavy atom. The van der Waals surface area contributed by atoms with Crippen LogP contribution in [0, 0.1) is 0 Å². The summed E-state index contributed by atoms with van der Waals surface area (Å²) in [6.07, 6.45) is 4.83. The molecule has 1 aromatic carbocycles. The van der Waals surface area contributed by atoms with Crippen molar-refractivity contribution >= 4 is 45.8 Å². The Morgan fingerprint density at radius 1 is 1.33 bits per heavy atom. The van der Waals surface area contributed by atoms with Crippen molar-refractivity contribution in [3.05, 3.63) is 51.4 Å². The van der Waals surface area contributed by atoms with Crippen LogP contribution in [0.5, 0.6) is 0 Å². The van der Waals surface area contributed by atoms with Gasteiger partial charge in [0.2, 0.25) is 0 Å². The van der Waals surface area contributed by atoms with Crippen LogP contribution in [0.1, 0.15) is 16.0 Å². The second-order valence-electron chi connectivity index (χ2n) is 6.77. The highest BCUT2D eigenvalue weighted by Gasteiger charge is 2.42. The first-order chi connectivity index (χ1) is 13.2. The minimum atomic E-state index is -0.381. The van der Waals surface area contributed by atoms with E-state index >= 15 is 0 Å². The number of carbonyl (C=O) groups is 1. The standard InChI is InChI=1S/C19H19ClN4O2S/c1-26-19(25)24-17-10-22(15-7-3-2-6-14(15)20)9-13-12-5-4-8-16(12)27-18(13)23(17)11-21-24/h2-4,6-8,17,21H,5,9-11H2,1H3. The molecule has 0 radical (unpaired) electrons. The molecule has 1 N–H and O–H groups in total. The molecule has 27 heavy (non-hydrogen) atoms. The Kier molecular flexibility index (Phi) is 4.03. The van der Waals surface area contributed by atoms with Crippen LogP contribution in [0.4, 0.5) is 15.5 Å². The summed E-state index contributed by atoms with van der Waals surface area (Å²) < 4.78 is 4.98. The number of rotatable bonds is 1. The third kappa shape index (κ3) is 2.61. The van der Waals surface area contributed by atoms with Crippen molar-refractivity contribution in [2.75, 3.05) is 30.1 Å². The Hall–Kier alpha value is -2.22. The van der Waals surface area contributed by atoms with Gasteiger partial charge in [-0.2, -0.15) is 0 Å². The highest BCUT2D eigenvalue weighted by molar-refractivity contribution is 7.17. The molecule has 2 aromatic rings. The van der Waals surface area contributed by atoms with Crippen molar-refractivity contribution in [2.24, 2.45) is 0 Å². The van der Waals surface area contributed by atoms with E-state index in [1.54, 1.807) is 16.3 Å². The largest absolute Gasteiger partial charge is 0.452 e. The number of carbonyl (C=O) groups excluding carboxylic acids is 1. The number of hydrogen-bond donors (Lipinski definition) is 1. The molecular formula is C19H19ClN4O2S. The second kappa shape index (κ2) is 6.44. The van der Waals surface area contributed by atoms with Crippen LogP contribution in [0.25, 0.3) is 6.08 Å². The number of hydrogen-bond acceptors (Lipinski definition) is 6. The number of amides is 1. The molecule has 140 valence electrons. The van der Waals surface area contributed by atoms with Crippen LogP contribution < -0.4 is 15.2 Å². The Morgan fingerprint density at radius 2 is 2.19 bits per heavy atom. The minimum absolute atomic E-state index is 0.169. The van der Waals surface area contributed by atoms with E-state index in [1.807, 2.05) is 24.3 Å². The van der Waals surface area contributed by atoms with Crippen LogP contribution in [0.2, 0.25) is 5.02 Å². The monoisotopic (exact) mass is 402 g/mol. The smallest absolute Gasteiger partial charge is 0.426 e. The van der Waals surface area contributed by atoms with Crippen LogP contribution in [0.3, 0.4) is 0 Å². The summed E-state index contributed by atoms with van der Waals surface area (Å²) in [6, 6.07) is 7.87. The van der Waals surface area contributed by atoms with E-state index in [1.165, 1.54) is 28.1 Å². The van der Waals surface area contributed by atoms with E-state index in [2.05, 4.69) is 27.4 Å². The minimum Gasteiger partial charge on any atom is -0.452 e. The van der Waals surface area contributed by atoms with E-state index < -0.39 is 0 Å². The van der Waals surface area contributed by atoms with Crippen molar-refractivity contribution < 1.29 is 9.53 Å². The van der Waals surface area contributed by atoms with Crippen LogP contribution in [-0.4, -0.2) is 37.6 Å². The van der Waals surface area contributed by atoms with Gasteiger partial charge in [0.1, 0.15) is 6.17 Å². The number of anilines is 2. The number of allylic oxidation sites excluding steroid dienone is 1. The van der Waals surface area contributed by atoms with Crippen LogP contribution >= 0.6 is 22.9 Å². The molecular weight excluding hydrogens is 384 g/mol. The van der Waals surface area contributed by atoms with Crippen LogP contribution in [0.15, 0.2) is 30.3 Å². The lowest BCUT2D eigenvalue weighted by atomic mass is 10.1. The van der Waals surface area contributed by atoms with E-state index in [4.69, 9.17) is 16.3 Å². The molecule has 1 saturated heterocycles. The van der Waals surface area contributed by atoms with Crippen molar-refractivity contribution in [3.8, 4) is 0 Å². The zero-order valence-corrected chi connectivity index (χ0v) is 16.4. The number of methoxy groups -OCH3 is 1. The summed E-state index contributed by atoms with van der Waals surface area (Å²) in [5.41, 5.74) is 6.89. The van der Waals surface area contributed by atoms with E-state index in [-0.39, 0.29) is 12.3 Å². The van der Waals surface area contributed by atoms with Crippen molar-refractivity contribution in [2.45, 2.75) is 19.1 Å². The summed E-state index contributed by atoms with van der Waals surface area (Å²) in [5, 5.41) is 3.52. The van der Waals surface area contributed by atoms with Crippen molar-refractivity contribution in [1.82, 2.24) is 10.4 Å². The number of nitrogens with zero attached hydrogens (tertiary/aromatic N) is 3. The van der Waals surface area contributed by atoms with Gasteiger partial charge >= 0.3 is 6.09 Å². The molecule has 2 aliphatic heterocycles. The maximum atomic E-state index is 12.3. The molecule has 5 rings (SSSR count). The van der Waals surface area contributed by atoms with E-state index in [9.17, 15) is 4.79 Å². The first kappa shape index (κ1) is 16.9. The Labute approximate surface area is 166 Å².